The van der Waals surface area contributed by atoms with Gasteiger partial charge >= 0.3 is 0 Å². The summed E-state index contributed by atoms with van der Waals surface area (Å²) >= 11 is 0. The molecule has 0 atom stereocenters. The first-order chi connectivity index (χ1) is 15.8. The zero-order chi connectivity index (χ0) is 22.2. The van der Waals surface area contributed by atoms with Gasteiger partial charge in [0.1, 0.15) is 0 Å². The summed E-state index contributed by atoms with van der Waals surface area (Å²) in [5, 5.41) is 0. The number of rotatable bonds is 9. The molecule has 0 amide bonds. The first-order valence-corrected chi connectivity index (χ1v) is 14.0. The fourth-order valence-corrected chi connectivity index (χ4v) is 7.54. The zero-order valence-corrected chi connectivity index (χ0v) is 20.5. The van der Waals surface area contributed by atoms with Crippen LogP contribution < -0.4 is 0 Å². The molecule has 0 aliphatic heterocycles. The lowest BCUT2D eigenvalue weighted by molar-refractivity contribution is 0.109. The van der Waals surface area contributed by atoms with Crippen LogP contribution in [-0.4, -0.2) is 6.67 Å². The Labute approximate surface area is 197 Å². The second-order valence-electron chi connectivity index (χ2n) is 11.5. The van der Waals surface area contributed by atoms with Gasteiger partial charge in [-0.15, -0.1) is 6.58 Å². The summed E-state index contributed by atoms with van der Waals surface area (Å²) in [6.07, 6.45) is 23.9. The van der Waals surface area contributed by atoms with Crippen molar-refractivity contribution < 1.29 is 4.39 Å². The molecule has 0 unspecified atom stereocenters. The molecule has 0 radical (unpaired) electrons. The van der Waals surface area contributed by atoms with Crippen molar-refractivity contribution in [3.05, 3.63) is 48.0 Å². The molecular weight excluding hydrogens is 391 g/mol. The summed E-state index contributed by atoms with van der Waals surface area (Å²) in [6.45, 7) is 3.70. The largest absolute Gasteiger partial charge is 0.251 e. The molecule has 3 aliphatic rings. The Bertz CT molecular complexity index is 652. The lowest BCUT2D eigenvalue weighted by Gasteiger charge is -2.41. The molecule has 32 heavy (non-hydrogen) atoms. The van der Waals surface area contributed by atoms with E-state index in [1.54, 1.807) is 0 Å². The van der Waals surface area contributed by atoms with Gasteiger partial charge in [-0.3, -0.25) is 4.39 Å². The summed E-state index contributed by atoms with van der Waals surface area (Å²) in [4.78, 5) is 0. The van der Waals surface area contributed by atoms with Crippen LogP contribution in [0.2, 0.25) is 0 Å². The van der Waals surface area contributed by atoms with Gasteiger partial charge in [0.15, 0.2) is 0 Å². The van der Waals surface area contributed by atoms with E-state index in [1.165, 1.54) is 101 Å². The molecule has 1 heteroatoms. The highest BCUT2D eigenvalue weighted by Crippen LogP contribution is 2.47. The number of benzene rings is 1. The van der Waals surface area contributed by atoms with Crippen molar-refractivity contribution in [1.82, 2.24) is 0 Å². The molecule has 0 saturated heterocycles. The SMILES string of the molecule is C=CCC[C@H]1CC[C@H](C2CCC(C3CCC(c4ccc(CCCF)cc4)CC3)CC2)CC1. The highest BCUT2D eigenvalue weighted by atomic mass is 19.1. The Morgan fingerprint density at radius 3 is 1.72 bits per heavy atom. The number of alkyl halides is 1. The normalized spacial score (nSPS) is 33.7. The van der Waals surface area contributed by atoms with Gasteiger partial charge in [-0.1, -0.05) is 43.2 Å². The van der Waals surface area contributed by atoms with Gasteiger partial charge in [0.2, 0.25) is 0 Å². The molecule has 3 saturated carbocycles. The predicted molar refractivity (Wildman–Crippen MR) is 136 cm³/mol. The van der Waals surface area contributed by atoms with E-state index in [9.17, 15) is 4.39 Å². The molecule has 0 aromatic heterocycles. The van der Waals surface area contributed by atoms with Crippen molar-refractivity contribution in [2.45, 2.75) is 109 Å². The van der Waals surface area contributed by atoms with Crippen LogP contribution >= 0.6 is 0 Å². The Morgan fingerprint density at radius 2 is 1.22 bits per heavy atom. The van der Waals surface area contributed by atoms with Crippen LogP contribution in [-0.2, 0) is 6.42 Å². The Kier molecular flexibility index (Phi) is 9.30. The van der Waals surface area contributed by atoms with Gasteiger partial charge in [0.25, 0.3) is 0 Å². The molecular formula is C31H47F. The third-order valence-electron chi connectivity index (χ3n) is 9.64. The first kappa shape index (κ1) is 24.0. The molecule has 1 aromatic carbocycles. The van der Waals surface area contributed by atoms with Crippen molar-refractivity contribution in [3.8, 4) is 0 Å². The zero-order valence-electron chi connectivity index (χ0n) is 20.5. The molecule has 0 bridgehead atoms. The van der Waals surface area contributed by atoms with E-state index in [1.807, 2.05) is 0 Å². The number of aryl methyl sites for hydroxylation is 1. The number of allylic oxidation sites excluding steroid dienone is 1. The monoisotopic (exact) mass is 438 g/mol. The molecule has 178 valence electrons. The van der Waals surface area contributed by atoms with E-state index in [2.05, 4.69) is 36.9 Å². The lowest BCUT2D eigenvalue weighted by atomic mass is 9.64. The average molecular weight is 439 g/mol. The summed E-state index contributed by atoms with van der Waals surface area (Å²) in [5.41, 5.74) is 2.82. The van der Waals surface area contributed by atoms with Crippen molar-refractivity contribution in [3.63, 3.8) is 0 Å². The van der Waals surface area contributed by atoms with Crippen molar-refractivity contribution in [2.75, 3.05) is 6.67 Å². The van der Waals surface area contributed by atoms with E-state index < -0.39 is 0 Å². The van der Waals surface area contributed by atoms with Crippen LogP contribution in [0.1, 0.15) is 113 Å². The molecule has 4 rings (SSSR count). The second-order valence-corrected chi connectivity index (χ2v) is 11.5. The fourth-order valence-electron chi connectivity index (χ4n) is 7.54. The van der Waals surface area contributed by atoms with Gasteiger partial charge in [0.05, 0.1) is 6.67 Å². The third-order valence-corrected chi connectivity index (χ3v) is 9.64. The van der Waals surface area contributed by atoms with Crippen LogP contribution in [0.4, 0.5) is 4.39 Å². The van der Waals surface area contributed by atoms with Gasteiger partial charge in [-0.05, 0) is 137 Å². The highest BCUT2D eigenvalue weighted by molar-refractivity contribution is 5.26. The topological polar surface area (TPSA) is 0 Å². The minimum absolute atomic E-state index is 0.203. The Morgan fingerprint density at radius 1 is 0.719 bits per heavy atom. The minimum Gasteiger partial charge on any atom is -0.251 e. The maximum Gasteiger partial charge on any atom is 0.0897 e. The molecule has 3 aliphatic carbocycles. The highest BCUT2D eigenvalue weighted by Gasteiger charge is 2.34. The number of hydrogen-bond donors (Lipinski definition) is 0. The van der Waals surface area contributed by atoms with E-state index in [4.69, 9.17) is 0 Å². The van der Waals surface area contributed by atoms with Gasteiger partial charge < -0.3 is 0 Å². The molecule has 3 fully saturated rings. The van der Waals surface area contributed by atoms with Crippen LogP contribution in [0.3, 0.4) is 0 Å². The van der Waals surface area contributed by atoms with E-state index in [-0.39, 0.29) is 6.67 Å². The summed E-state index contributed by atoms with van der Waals surface area (Å²) < 4.78 is 12.4. The molecule has 0 nitrogen and oxygen atoms in total. The molecule has 0 N–H and O–H groups in total. The lowest BCUT2D eigenvalue weighted by Crippen LogP contribution is -2.29. The number of hydrogen-bond acceptors (Lipinski definition) is 0. The first-order valence-electron chi connectivity index (χ1n) is 14.0. The Balaban J connectivity index is 1.16. The third kappa shape index (κ3) is 6.48. The number of halogens is 1. The molecule has 0 heterocycles. The molecule has 0 spiro atoms. The average Bonchev–Trinajstić information content (AvgIpc) is 2.87. The van der Waals surface area contributed by atoms with Crippen LogP contribution in [0, 0.1) is 29.6 Å². The van der Waals surface area contributed by atoms with Gasteiger partial charge in [0, 0.05) is 0 Å². The smallest absolute Gasteiger partial charge is 0.0897 e. The van der Waals surface area contributed by atoms with Gasteiger partial charge in [-0.25, -0.2) is 0 Å². The van der Waals surface area contributed by atoms with E-state index >= 15 is 0 Å². The maximum absolute atomic E-state index is 12.4. The van der Waals surface area contributed by atoms with Crippen LogP contribution in [0.15, 0.2) is 36.9 Å². The summed E-state index contributed by atoms with van der Waals surface area (Å²) in [5.74, 6) is 5.83. The molecule has 1 aromatic rings. The van der Waals surface area contributed by atoms with Gasteiger partial charge in [-0.2, -0.15) is 0 Å². The summed E-state index contributed by atoms with van der Waals surface area (Å²) in [7, 11) is 0. The van der Waals surface area contributed by atoms with Crippen LogP contribution in [0.25, 0.3) is 0 Å². The van der Waals surface area contributed by atoms with E-state index in [0.717, 1.165) is 41.9 Å². The quantitative estimate of drug-likeness (QED) is 0.337. The summed E-state index contributed by atoms with van der Waals surface area (Å²) in [6, 6.07) is 9.14. The fraction of sp³-hybridized carbons (Fsp3) is 0.742. The predicted octanol–water partition coefficient (Wildman–Crippen LogP) is 9.44. The Hall–Kier alpha value is -1.11. The van der Waals surface area contributed by atoms with E-state index in [0.29, 0.717) is 6.42 Å². The minimum atomic E-state index is -0.203. The maximum atomic E-state index is 12.4. The van der Waals surface area contributed by atoms with Crippen molar-refractivity contribution >= 4 is 0 Å². The van der Waals surface area contributed by atoms with Crippen molar-refractivity contribution in [2.24, 2.45) is 29.6 Å². The van der Waals surface area contributed by atoms with Crippen molar-refractivity contribution in [1.29, 1.82) is 0 Å². The second kappa shape index (κ2) is 12.4. The van der Waals surface area contributed by atoms with Crippen LogP contribution in [0.5, 0.6) is 0 Å². The standard InChI is InChI=1S/C31H47F/c1-2-3-5-24-7-11-26(12-8-24)28-15-19-30(20-16-28)31-21-17-29(18-22-31)27-13-9-25(10-14-27)6-4-23-32/h2,9-10,13-14,24,26,28-31H,1,3-8,11-12,15-23H2/t24-,26-,28?,29?,30?,31?.